The van der Waals surface area contributed by atoms with E-state index in [0.717, 1.165) is 13.0 Å². The summed E-state index contributed by atoms with van der Waals surface area (Å²) >= 11 is 7.79. The number of guanidine groups is 1. The lowest BCUT2D eigenvalue weighted by atomic mass is 10.3. The number of halogens is 1. The van der Waals surface area contributed by atoms with Crippen molar-refractivity contribution >= 4 is 28.9 Å². The average molecular weight is 338 g/mol. The zero-order valence-electron chi connectivity index (χ0n) is 12.5. The van der Waals surface area contributed by atoms with Crippen LogP contribution in [0.15, 0.2) is 46.8 Å². The van der Waals surface area contributed by atoms with Gasteiger partial charge in [0.25, 0.3) is 0 Å². The lowest BCUT2D eigenvalue weighted by molar-refractivity contribution is 0.230. The van der Waals surface area contributed by atoms with Crippen molar-refractivity contribution in [3.05, 3.63) is 51.7 Å². The Morgan fingerprint density at radius 3 is 2.91 bits per heavy atom. The Morgan fingerprint density at radius 1 is 1.36 bits per heavy atom. The average Bonchev–Trinajstić information content (AvgIpc) is 3.01. The van der Waals surface area contributed by atoms with E-state index < -0.39 is 0 Å². The van der Waals surface area contributed by atoms with Gasteiger partial charge in [-0.05, 0) is 36.9 Å². The molecule has 0 bridgehead atoms. The molecule has 1 heterocycles. The first kappa shape index (κ1) is 16.6. The van der Waals surface area contributed by atoms with E-state index in [9.17, 15) is 0 Å². The topological polar surface area (TPSA) is 59.6 Å². The van der Waals surface area contributed by atoms with Gasteiger partial charge >= 0.3 is 0 Å². The number of hydrogen-bond donors (Lipinski definition) is 2. The molecule has 0 aliphatic heterocycles. The molecule has 0 radical (unpaired) electrons. The molecule has 0 saturated heterocycles. The molecular formula is C16H20ClN3OS. The molecule has 1 unspecified atom stereocenters. The standard InChI is InChI=1S/C16H20ClN3OS/c1-12(21-15-7-3-2-6-14(15)17)11-20-16(18)19-9-8-13-5-4-10-22-13/h2-7,10,12H,8-9,11H2,1H3,(H3,18,19,20). The summed E-state index contributed by atoms with van der Waals surface area (Å²) in [5.74, 6) is 1.10. The van der Waals surface area contributed by atoms with Gasteiger partial charge in [-0.2, -0.15) is 0 Å². The predicted molar refractivity (Wildman–Crippen MR) is 94.1 cm³/mol. The van der Waals surface area contributed by atoms with Gasteiger partial charge in [-0.25, -0.2) is 4.99 Å². The smallest absolute Gasteiger partial charge is 0.188 e. The van der Waals surface area contributed by atoms with Crippen molar-refractivity contribution < 1.29 is 4.74 Å². The van der Waals surface area contributed by atoms with E-state index in [2.05, 4.69) is 21.8 Å². The molecule has 118 valence electrons. The van der Waals surface area contributed by atoms with Gasteiger partial charge < -0.3 is 15.8 Å². The lowest BCUT2D eigenvalue weighted by Gasteiger charge is -2.14. The molecule has 1 aromatic heterocycles. The van der Waals surface area contributed by atoms with Crippen LogP contribution in [0.4, 0.5) is 0 Å². The predicted octanol–water partition coefficient (Wildman–Crippen LogP) is 3.32. The van der Waals surface area contributed by atoms with Crippen LogP contribution in [-0.4, -0.2) is 25.2 Å². The number of hydrogen-bond acceptors (Lipinski definition) is 3. The van der Waals surface area contributed by atoms with E-state index in [1.54, 1.807) is 17.4 Å². The van der Waals surface area contributed by atoms with Crippen LogP contribution in [0.3, 0.4) is 0 Å². The third kappa shape index (κ3) is 5.58. The van der Waals surface area contributed by atoms with Crippen LogP contribution in [0.1, 0.15) is 11.8 Å². The first-order chi connectivity index (χ1) is 10.6. The van der Waals surface area contributed by atoms with Crippen molar-refractivity contribution in [2.45, 2.75) is 19.4 Å². The van der Waals surface area contributed by atoms with Crippen molar-refractivity contribution in [3.63, 3.8) is 0 Å². The summed E-state index contributed by atoms with van der Waals surface area (Å²) < 4.78 is 5.74. The number of rotatable bonds is 7. The van der Waals surface area contributed by atoms with Crippen molar-refractivity contribution in [2.24, 2.45) is 10.7 Å². The Hall–Kier alpha value is -1.72. The number of ether oxygens (including phenoxy) is 1. The number of nitrogens with two attached hydrogens (primary N) is 1. The second-order valence-corrected chi connectivity index (χ2v) is 6.28. The Bertz CT molecular complexity index is 601. The van der Waals surface area contributed by atoms with Gasteiger partial charge in [-0.3, -0.25) is 0 Å². The monoisotopic (exact) mass is 337 g/mol. The van der Waals surface area contributed by atoms with Crippen LogP contribution in [0, 0.1) is 0 Å². The van der Waals surface area contributed by atoms with Crippen molar-refractivity contribution in [2.75, 3.05) is 13.1 Å². The second-order valence-electron chi connectivity index (χ2n) is 4.84. The minimum Gasteiger partial charge on any atom is -0.487 e. The fourth-order valence-corrected chi connectivity index (χ4v) is 2.73. The molecule has 1 atom stereocenters. The Labute approximate surface area is 140 Å². The molecule has 0 spiro atoms. The minimum atomic E-state index is -0.0995. The molecular weight excluding hydrogens is 318 g/mol. The Morgan fingerprint density at radius 2 is 2.18 bits per heavy atom. The van der Waals surface area contributed by atoms with Gasteiger partial charge in [0.2, 0.25) is 0 Å². The summed E-state index contributed by atoms with van der Waals surface area (Å²) in [6.07, 6.45) is 0.845. The normalized spacial score (nSPS) is 12.9. The van der Waals surface area contributed by atoms with E-state index >= 15 is 0 Å². The van der Waals surface area contributed by atoms with E-state index in [4.69, 9.17) is 22.1 Å². The molecule has 0 aliphatic rings. The highest BCUT2D eigenvalue weighted by Crippen LogP contribution is 2.24. The van der Waals surface area contributed by atoms with Gasteiger partial charge in [0, 0.05) is 11.4 Å². The van der Waals surface area contributed by atoms with Gasteiger partial charge in [0.15, 0.2) is 5.96 Å². The summed E-state index contributed by atoms with van der Waals surface area (Å²) in [7, 11) is 0. The summed E-state index contributed by atoms with van der Waals surface area (Å²) in [6.45, 7) is 3.18. The number of para-hydroxylation sites is 1. The zero-order chi connectivity index (χ0) is 15.8. The number of benzene rings is 1. The largest absolute Gasteiger partial charge is 0.487 e. The maximum atomic E-state index is 6.05. The van der Waals surface area contributed by atoms with Gasteiger partial charge in [0.05, 0.1) is 11.6 Å². The molecule has 0 amide bonds. The fraction of sp³-hybridized carbons (Fsp3) is 0.312. The van der Waals surface area contributed by atoms with E-state index in [1.807, 2.05) is 31.2 Å². The number of nitrogens with one attached hydrogen (secondary N) is 1. The number of aliphatic imine (C=N–C) groups is 1. The maximum absolute atomic E-state index is 6.05. The highest BCUT2D eigenvalue weighted by molar-refractivity contribution is 7.09. The molecule has 6 heteroatoms. The first-order valence-electron chi connectivity index (χ1n) is 7.12. The van der Waals surface area contributed by atoms with Crippen molar-refractivity contribution in [1.29, 1.82) is 0 Å². The molecule has 2 rings (SSSR count). The van der Waals surface area contributed by atoms with Crippen LogP contribution in [-0.2, 0) is 6.42 Å². The summed E-state index contributed by atoms with van der Waals surface area (Å²) in [5.41, 5.74) is 5.85. The zero-order valence-corrected chi connectivity index (χ0v) is 14.0. The maximum Gasteiger partial charge on any atom is 0.188 e. The molecule has 3 N–H and O–H groups in total. The fourth-order valence-electron chi connectivity index (χ4n) is 1.85. The van der Waals surface area contributed by atoms with E-state index in [-0.39, 0.29) is 6.10 Å². The molecule has 0 aliphatic carbocycles. The second kappa shape index (κ2) is 8.66. The Kier molecular flexibility index (Phi) is 6.55. The van der Waals surface area contributed by atoms with E-state index in [0.29, 0.717) is 23.3 Å². The van der Waals surface area contributed by atoms with Crippen molar-refractivity contribution in [3.8, 4) is 5.75 Å². The van der Waals surface area contributed by atoms with E-state index in [1.165, 1.54) is 4.88 Å². The highest BCUT2D eigenvalue weighted by Gasteiger charge is 2.06. The molecule has 0 fully saturated rings. The molecule has 1 aromatic carbocycles. The SMILES string of the molecule is CC(CN=C(N)NCCc1cccs1)Oc1ccccc1Cl. The summed E-state index contributed by atoms with van der Waals surface area (Å²) in [5, 5.41) is 5.77. The molecule has 2 aromatic rings. The van der Waals surface area contributed by atoms with Gasteiger partial charge in [-0.15, -0.1) is 11.3 Å². The molecule has 0 saturated carbocycles. The van der Waals surface area contributed by atoms with Crippen LogP contribution in [0.5, 0.6) is 5.75 Å². The summed E-state index contributed by atoms with van der Waals surface area (Å²) in [6, 6.07) is 11.5. The van der Waals surface area contributed by atoms with Crippen molar-refractivity contribution in [1.82, 2.24) is 5.32 Å². The summed E-state index contributed by atoms with van der Waals surface area (Å²) in [4.78, 5) is 5.62. The van der Waals surface area contributed by atoms with Crippen LogP contribution >= 0.6 is 22.9 Å². The Balaban J connectivity index is 1.72. The first-order valence-corrected chi connectivity index (χ1v) is 8.38. The lowest BCUT2D eigenvalue weighted by Crippen LogP contribution is -2.34. The third-order valence-electron chi connectivity index (χ3n) is 2.94. The van der Waals surface area contributed by atoms with Crippen LogP contribution in [0.25, 0.3) is 0 Å². The number of thiophene rings is 1. The van der Waals surface area contributed by atoms with Crippen LogP contribution < -0.4 is 15.8 Å². The number of nitrogens with zero attached hydrogens (tertiary/aromatic N) is 1. The van der Waals surface area contributed by atoms with Crippen LogP contribution in [0.2, 0.25) is 5.02 Å². The minimum absolute atomic E-state index is 0.0995. The van der Waals surface area contributed by atoms with Gasteiger partial charge in [0.1, 0.15) is 11.9 Å². The highest BCUT2D eigenvalue weighted by atomic mass is 35.5. The van der Waals surface area contributed by atoms with Gasteiger partial charge in [-0.1, -0.05) is 29.8 Å². The third-order valence-corrected chi connectivity index (χ3v) is 4.19. The quantitative estimate of drug-likeness (QED) is 0.602. The molecule has 4 nitrogen and oxygen atoms in total. The molecule has 22 heavy (non-hydrogen) atoms.